The molecular formula is C30H40F2N2O5. The standard InChI is InChI=1S/C30H40F2N2O5/c1-30(2,3)39-29(36)33-15-8-16-34(28(35)22-9-6-5-7-10-22)19-21-11-14-26(27(17-21)37-4)38-20-23-12-13-24(31)18-25(23)32/h11-14,17-18,22H,5-10,15-16,19-20H2,1-4H3,(H,33,36). The summed E-state index contributed by atoms with van der Waals surface area (Å²) in [4.78, 5) is 27.3. The van der Waals surface area contributed by atoms with E-state index in [4.69, 9.17) is 14.2 Å². The lowest BCUT2D eigenvalue weighted by atomic mass is 9.88. The lowest BCUT2D eigenvalue weighted by Gasteiger charge is -2.30. The minimum atomic E-state index is -0.677. The lowest BCUT2D eigenvalue weighted by molar-refractivity contribution is -0.137. The van der Waals surface area contributed by atoms with E-state index in [0.717, 1.165) is 43.7 Å². The van der Waals surface area contributed by atoms with Gasteiger partial charge in [0.05, 0.1) is 7.11 Å². The Morgan fingerprint density at radius 3 is 2.44 bits per heavy atom. The molecule has 1 N–H and O–H groups in total. The summed E-state index contributed by atoms with van der Waals surface area (Å²) >= 11 is 0. The molecule has 0 heterocycles. The fourth-order valence-corrected chi connectivity index (χ4v) is 4.59. The van der Waals surface area contributed by atoms with Crippen molar-refractivity contribution in [1.29, 1.82) is 0 Å². The van der Waals surface area contributed by atoms with Crippen molar-refractivity contribution in [3.63, 3.8) is 0 Å². The van der Waals surface area contributed by atoms with Crippen LogP contribution in [0, 0.1) is 17.6 Å². The summed E-state index contributed by atoms with van der Waals surface area (Å²) in [5.41, 5.74) is 0.512. The van der Waals surface area contributed by atoms with Crippen LogP contribution in [0.3, 0.4) is 0 Å². The first-order valence-electron chi connectivity index (χ1n) is 13.5. The second-order valence-corrected chi connectivity index (χ2v) is 10.9. The first kappa shape index (κ1) is 30.2. The summed E-state index contributed by atoms with van der Waals surface area (Å²) in [6.07, 6.45) is 5.15. The first-order valence-corrected chi connectivity index (χ1v) is 13.5. The molecule has 1 saturated carbocycles. The number of ether oxygens (including phenoxy) is 3. The Hall–Kier alpha value is -3.36. The Morgan fingerprint density at radius 1 is 1.03 bits per heavy atom. The fraction of sp³-hybridized carbons (Fsp3) is 0.533. The smallest absolute Gasteiger partial charge is 0.407 e. The van der Waals surface area contributed by atoms with Crippen molar-refractivity contribution in [2.45, 2.75) is 78.0 Å². The summed E-state index contributed by atoms with van der Waals surface area (Å²) in [6.45, 7) is 6.59. The zero-order valence-corrected chi connectivity index (χ0v) is 23.4. The Bertz CT molecular complexity index is 1110. The van der Waals surface area contributed by atoms with Gasteiger partial charge in [-0.15, -0.1) is 0 Å². The molecule has 9 heteroatoms. The summed E-state index contributed by atoms with van der Waals surface area (Å²) in [6, 6.07) is 8.72. The molecule has 0 atom stereocenters. The molecule has 3 rings (SSSR count). The quantitative estimate of drug-likeness (QED) is 0.331. The second-order valence-electron chi connectivity index (χ2n) is 10.9. The third kappa shape index (κ3) is 9.71. The van der Waals surface area contributed by atoms with Crippen LogP contribution >= 0.6 is 0 Å². The van der Waals surface area contributed by atoms with Gasteiger partial charge < -0.3 is 24.4 Å². The highest BCUT2D eigenvalue weighted by molar-refractivity contribution is 5.79. The van der Waals surface area contributed by atoms with Crippen LogP contribution in [0.4, 0.5) is 13.6 Å². The van der Waals surface area contributed by atoms with Gasteiger partial charge in [-0.1, -0.05) is 25.3 Å². The number of carbonyl (C=O) groups is 2. The first-order chi connectivity index (χ1) is 18.6. The number of nitrogens with one attached hydrogen (secondary N) is 1. The molecule has 0 spiro atoms. The fourth-order valence-electron chi connectivity index (χ4n) is 4.59. The largest absolute Gasteiger partial charge is 0.493 e. The zero-order chi connectivity index (χ0) is 28.4. The van der Waals surface area contributed by atoms with E-state index in [1.165, 1.54) is 19.2 Å². The second kappa shape index (κ2) is 14.1. The third-order valence-electron chi connectivity index (χ3n) is 6.54. The summed E-state index contributed by atoms with van der Waals surface area (Å²) in [5, 5.41) is 2.75. The van der Waals surface area contributed by atoms with Crippen LogP contribution in [0.15, 0.2) is 36.4 Å². The maximum atomic E-state index is 14.0. The SMILES string of the molecule is COc1cc(CN(CCCNC(=O)OC(C)(C)C)C(=O)C2CCCCC2)ccc1OCc1ccc(F)cc1F. The molecule has 39 heavy (non-hydrogen) atoms. The van der Waals surface area contributed by atoms with Gasteiger partial charge in [0.15, 0.2) is 11.5 Å². The molecule has 1 aliphatic rings. The molecule has 214 valence electrons. The van der Waals surface area contributed by atoms with Gasteiger partial charge in [0.25, 0.3) is 0 Å². The predicted octanol–water partition coefficient (Wildman–Crippen LogP) is 6.38. The van der Waals surface area contributed by atoms with Crippen molar-refractivity contribution < 1.29 is 32.6 Å². The maximum absolute atomic E-state index is 14.0. The Kier molecular flexibility index (Phi) is 10.9. The lowest BCUT2D eigenvalue weighted by Crippen LogP contribution is -2.39. The van der Waals surface area contributed by atoms with E-state index in [0.29, 0.717) is 37.6 Å². The van der Waals surface area contributed by atoms with E-state index < -0.39 is 23.3 Å². The van der Waals surface area contributed by atoms with E-state index >= 15 is 0 Å². The van der Waals surface area contributed by atoms with E-state index in [9.17, 15) is 18.4 Å². The summed E-state index contributed by atoms with van der Waals surface area (Å²) in [7, 11) is 1.51. The number of halogens is 2. The van der Waals surface area contributed by atoms with E-state index in [1.54, 1.807) is 12.1 Å². The average molecular weight is 547 g/mol. The molecule has 1 aliphatic carbocycles. The van der Waals surface area contributed by atoms with Crippen molar-refractivity contribution in [2.24, 2.45) is 5.92 Å². The van der Waals surface area contributed by atoms with Crippen LogP contribution in [0.5, 0.6) is 11.5 Å². The number of methoxy groups -OCH3 is 1. The number of rotatable bonds is 11. The van der Waals surface area contributed by atoms with Gasteiger partial charge in [-0.25, -0.2) is 13.6 Å². The molecule has 0 aromatic heterocycles. The Labute approximate surface area is 229 Å². The van der Waals surface area contributed by atoms with Crippen LogP contribution in [-0.4, -0.2) is 42.7 Å². The number of benzene rings is 2. The van der Waals surface area contributed by atoms with Crippen LogP contribution in [0.25, 0.3) is 0 Å². The molecule has 2 aromatic carbocycles. The highest BCUT2D eigenvalue weighted by atomic mass is 19.1. The normalized spacial score (nSPS) is 14.0. The maximum Gasteiger partial charge on any atom is 0.407 e. The van der Waals surface area contributed by atoms with Crippen molar-refractivity contribution >= 4 is 12.0 Å². The van der Waals surface area contributed by atoms with Gasteiger partial charge >= 0.3 is 6.09 Å². The third-order valence-corrected chi connectivity index (χ3v) is 6.54. The van der Waals surface area contributed by atoms with Gasteiger partial charge in [0, 0.05) is 37.2 Å². The topological polar surface area (TPSA) is 77.1 Å². The number of carbonyl (C=O) groups excluding carboxylic acids is 2. The molecule has 0 saturated heterocycles. The average Bonchev–Trinajstić information content (AvgIpc) is 2.89. The van der Waals surface area contributed by atoms with E-state index in [1.807, 2.05) is 31.7 Å². The molecule has 0 bridgehead atoms. The van der Waals surface area contributed by atoms with E-state index in [-0.39, 0.29) is 24.0 Å². The van der Waals surface area contributed by atoms with Gasteiger partial charge in [-0.05, 0) is 69.9 Å². The monoisotopic (exact) mass is 546 g/mol. The number of hydrogen-bond acceptors (Lipinski definition) is 5. The van der Waals surface area contributed by atoms with Crippen LogP contribution in [0.1, 0.15) is 70.4 Å². The Balaban J connectivity index is 1.65. The predicted molar refractivity (Wildman–Crippen MR) is 145 cm³/mol. The highest BCUT2D eigenvalue weighted by Gasteiger charge is 2.26. The molecule has 0 unspecified atom stereocenters. The molecule has 0 radical (unpaired) electrons. The summed E-state index contributed by atoms with van der Waals surface area (Å²) in [5.74, 6) is -0.330. The van der Waals surface area contributed by atoms with Gasteiger partial charge in [0.1, 0.15) is 23.8 Å². The highest BCUT2D eigenvalue weighted by Crippen LogP contribution is 2.31. The molecule has 2 amide bonds. The van der Waals surface area contributed by atoms with Crippen LogP contribution in [0.2, 0.25) is 0 Å². The van der Waals surface area contributed by atoms with Crippen molar-refractivity contribution in [3.8, 4) is 11.5 Å². The van der Waals surface area contributed by atoms with Crippen molar-refractivity contribution in [3.05, 3.63) is 59.2 Å². The van der Waals surface area contributed by atoms with Gasteiger partial charge in [-0.2, -0.15) is 0 Å². The molecule has 0 aliphatic heterocycles. The molecule has 2 aromatic rings. The van der Waals surface area contributed by atoms with Crippen LogP contribution < -0.4 is 14.8 Å². The van der Waals surface area contributed by atoms with Crippen molar-refractivity contribution in [2.75, 3.05) is 20.2 Å². The number of alkyl carbamates (subject to hydrolysis) is 1. The number of hydrogen-bond donors (Lipinski definition) is 1. The van der Waals surface area contributed by atoms with E-state index in [2.05, 4.69) is 5.32 Å². The van der Waals surface area contributed by atoms with Crippen molar-refractivity contribution in [1.82, 2.24) is 10.2 Å². The molecule has 1 fully saturated rings. The minimum absolute atomic E-state index is 0.00710. The molecular weight excluding hydrogens is 506 g/mol. The Morgan fingerprint density at radius 2 is 1.77 bits per heavy atom. The number of nitrogens with zero attached hydrogens (tertiary/aromatic N) is 1. The summed E-state index contributed by atoms with van der Waals surface area (Å²) < 4.78 is 43.7. The molecule has 7 nitrogen and oxygen atoms in total. The van der Waals surface area contributed by atoms with Crippen LogP contribution in [-0.2, 0) is 22.7 Å². The van der Waals surface area contributed by atoms with Gasteiger partial charge in [0.2, 0.25) is 5.91 Å². The zero-order valence-electron chi connectivity index (χ0n) is 23.4. The minimum Gasteiger partial charge on any atom is -0.493 e. The van der Waals surface area contributed by atoms with Gasteiger partial charge in [-0.3, -0.25) is 4.79 Å². The number of amides is 2.